The fraction of sp³-hybridized carbons (Fsp3) is 0.409. The van der Waals surface area contributed by atoms with Gasteiger partial charge in [0, 0.05) is 6.54 Å². The molecule has 0 radical (unpaired) electrons. The molecule has 0 aromatic heterocycles. The van der Waals surface area contributed by atoms with E-state index in [2.05, 4.69) is 10.2 Å². The largest absolute Gasteiger partial charge is 0.484 e. The summed E-state index contributed by atoms with van der Waals surface area (Å²) in [6.45, 7) is 4.18. The summed E-state index contributed by atoms with van der Waals surface area (Å²) in [6.07, 6.45) is 4.94. The molecule has 0 spiro atoms. The van der Waals surface area contributed by atoms with Gasteiger partial charge in [0.05, 0.1) is 0 Å². The molecule has 1 fully saturated rings. The molecule has 0 atom stereocenters. The minimum atomic E-state index is -0.0849. The van der Waals surface area contributed by atoms with E-state index in [4.69, 9.17) is 9.47 Å². The summed E-state index contributed by atoms with van der Waals surface area (Å²) in [5.74, 6) is 2.09. The minimum Gasteiger partial charge on any atom is -0.484 e. The first kappa shape index (κ1) is 19.2. The number of nitrogens with zero attached hydrogens (tertiary/aromatic N) is 1. The zero-order valence-corrected chi connectivity index (χ0v) is 15.7. The number of para-hydroxylation sites is 1. The van der Waals surface area contributed by atoms with Crippen molar-refractivity contribution >= 4 is 5.91 Å². The molecule has 0 saturated carbocycles. The van der Waals surface area contributed by atoms with Crippen LogP contribution in [0.3, 0.4) is 0 Å². The van der Waals surface area contributed by atoms with Crippen molar-refractivity contribution in [3.63, 3.8) is 0 Å². The summed E-state index contributed by atoms with van der Waals surface area (Å²) in [4.78, 5) is 14.4. The van der Waals surface area contributed by atoms with Crippen LogP contribution < -0.4 is 14.8 Å². The van der Waals surface area contributed by atoms with Gasteiger partial charge >= 0.3 is 0 Å². The van der Waals surface area contributed by atoms with Gasteiger partial charge in [-0.15, -0.1) is 0 Å². The Morgan fingerprint density at radius 2 is 1.56 bits per heavy atom. The van der Waals surface area contributed by atoms with Gasteiger partial charge in [-0.05, 0) is 75.3 Å². The molecule has 5 heteroatoms. The average Bonchev–Trinajstić information content (AvgIpc) is 2.72. The van der Waals surface area contributed by atoms with Gasteiger partial charge in [-0.1, -0.05) is 24.6 Å². The van der Waals surface area contributed by atoms with E-state index >= 15 is 0 Å². The van der Waals surface area contributed by atoms with Gasteiger partial charge in [0.25, 0.3) is 5.91 Å². The summed E-state index contributed by atoms with van der Waals surface area (Å²) in [5.41, 5.74) is 0. The molecular weight excluding hydrogens is 340 g/mol. The van der Waals surface area contributed by atoms with Crippen molar-refractivity contribution in [2.45, 2.75) is 25.7 Å². The third-order valence-electron chi connectivity index (χ3n) is 4.59. The second-order valence-corrected chi connectivity index (χ2v) is 6.78. The molecule has 1 saturated heterocycles. The second kappa shape index (κ2) is 10.6. The normalized spacial score (nSPS) is 14.5. The van der Waals surface area contributed by atoms with Gasteiger partial charge < -0.3 is 19.7 Å². The minimum absolute atomic E-state index is 0.0304. The number of nitrogens with one attached hydrogen (secondary N) is 1. The molecule has 1 aliphatic rings. The number of ether oxygens (including phenoxy) is 2. The number of rotatable bonds is 9. The molecular formula is C22H28N2O3. The van der Waals surface area contributed by atoms with Crippen LogP contribution in [0.1, 0.15) is 25.7 Å². The highest BCUT2D eigenvalue weighted by Crippen LogP contribution is 2.23. The van der Waals surface area contributed by atoms with E-state index in [1.807, 2.05) is 54.6 Å². The second-order valence-electron chi connectivity index (χ2n) is 6.78. The van der Waals surface area contributed by atoms with Crippen LogP contribution in [-0.4, -0.2) is 43.6 Å². The average molecular weight is 368 g/mol. The Kier molecular flexibility index (Phi) is 7.54. The Morgan fingerprint density at radius 1 is 0.889 bits per heavy atom. The lowest BCUT2D eigenvalue weighted by atomic mass is 10.1. The van der Waals surface area contributed by atoms with E-state index < -0.39 is 0 Å². The lowest BCUT2D eigenvalue weighted by Crippen LogP contribution is -2.34. The smallest absolute Gasteiger partial charge is 0.257 e. The molecule has 2 aromatic rings. The molecule has 0 unspecified atom stereocenters. The molecule has 1 amide bonds. The van der Waals surface area contributed by atoms with Crippen LogP contribution in [-0.2, 0) is 4.79 Å². The maximum Gasteiger partial charge on any atom is 0.257 e. The fourth-order valence-corrected chi connectivity index (χ4v) is 3.14. The Bertz CT molecular complexity index is 682. The van der Waals surface area contributed by atoms with E-state index in [9.17, 15) is 4.79 Å². The molecule has 3 rings (SSSR count). The van der Waals surface area contributed by atoms with E-state index in [0.29, 0.717) is 12.3 Å². The first-order valence-corrected chi connectivity index (χ1v) is 9.74. The zero-order chi connectivity index (χ0) is 18.7. The first-order chi connectivity index (χ1) is 13.3. The Labute approximate surface area is 161 Å². The first-order valence-electron chi connectivity index (χ1n) is 9.74. The number of carbonyl (C=O) groups is 1. The van der Waals surface area contributed by atoms with Crippen molar-refractivity contribution in [2.75, 3.05) is 32.8 Å². The van der Waals surface area contributed by atoms with Gasteiger partial charge in [0.1, 0.15) is 17.2 Å². The maximum atomic E-state index is 11.9. The quantitative estimate of drug-likeness (QED) is 0.683. The number of carbonyl (C=O) groups excluding carboxylic acids is 1. The van der Waals surface area contributed by atoms with Crippen molar-refractivity contribution < 1.29 is 14.3 Å². The number of likely N-dealkylation sites (tertiary alicyclic amines) is 1. The molecule has 1 heterocycles. The molecule has 144 valence electrons. The molecule has 1 aliphatic heterocycles. The number of benzene rings is 2. The van der Waals surface area contributed by atoms with Crippen LogP contribution >= 0.6 is 0 Å². The van der Waals surface area contributed by atoms with E-state index in [0.717, 1.165) is 24.5 Å². The molecule has 1 N–H and O–H groups in total. The third-order valence-corrected chi connectivity index (χ3v) is 4.59. The summed E-state index contributed by atoms with van der Waals surface area (Å²) in [7, 11) is 0. The van der Waals surface area contributed by atoms with E-state index in [1.165, 1.54) is 32.4 Å². The van der Waals surface area contributed by atoms with E-state index in [1.54, 1.807) is 0 Å². The zero-order valence-electron chi connectivity index (χ0n) is 15.7. The maximum absolute atomic E-state index is 11.9. The van der Waals surface area contributed by atoms with Gasteiger partial charge in [-0.25, -0.2) is 0 Å². The topological polar surface area (TPSA) is 50.8 Å². The Balaban J connectivity index is 1.31. The Morgan fingerprint density at radius 3 is 2.30 bits per heavy atom. The monoisotopic (exact) mass is 368 g/mol. The van der Waals surface area contributed by atoms with Crippen LogP contribution in [0.25, 0.3) is 0 Å². The highest BCUT2D eigenvalue weighted by molar-refractivity contribution is 5.77. The fourth-order valence-electron chi connectivity index (χ4n) is 3.14. The SMILES string of the molecule is O=C(COc1ccc(Oc2ccccc2)cc1)NCCCN1CCCCC1. The number of piperidine rings is 1. The van der Waals surface area contributed by atoms with Crippen molar-refractivity contribution in [2.24, 2.45) is 0 Å². The van der Waals surface area contributed by atoms with Crippen LogP contribution in [0.5, 0.6) is 17.2 Å². The van der Waals surface area contributed by atoms with Crippen molar-refractivity contribution in [3.05, 3.63) is 54.6 Å². The van der Waals surface area contributed by atoms with Crippen molar-refractivity contribution in [1.29, 1.82) is 0 Å². The van der Waals surface area contributed by atoms with Crippen LogP contribution in [0, 0.1) is 0 Å². The van der Waals surface area contributed by atoms with Crippen molar-refractivity contribution in [1.82, 2.24) is 10.2 Å². The predicted octanol–water partition coefficient (Wildman–Crippen LogP) is 3.85. The number of amides is 1. The standard InChI is InChI=1S/C22H28N2O3/c25-22(23-14-7-17-24-15-5-2-6-16-24)18-26-19-10-12-21(13-11-19)27-20-8-3-1-4-9-20/h1,3-4,8-13H,2,5-7,14-18H2,(H,23,25). The van der Waals surface area contributed by atoms with Gasteiger partial charge in [-0.3, -0.25) is 4.79 Å². The lowest BCUT2D eigenvalue weighted by Gasteiger charge is -2.26. The van der Waals surface area contributed by atoms with Crippen LogP contribution in [0.4, 0.5) is 0 Å². The summed E-state index contributed by atoms with van der Waals surface area (Å²) < 4.78 is 11.3. The third kappa shape index (κ3) is 6.94. The molecule has 2 aromatic carbocycles. The van der Waals surface area contributed by atoms with Crippen LogP contribution in [0.2, 0.25) is 0 Å². The molecule has 0 aliphatic carbocycles. The summed E-state index contributed by atoms with van der Waals surface area (Å²) in [6, 6.07) is 16.9. The molecule has 27 heavy (non-hydrogen) atoms. The number of hydrogen-bond donors (Lipinski definition) is 1. The van der Waals surface area contributed by atoms with Crippen LogP contribution in [0.15, 0.2) is 54.6 Å². The predicted molar refractivity (Wildman–Crippen MR) is 106 cm³/mol. The lowest BCUT2D eigenvalue weighted by molar-refractivity contribution is -0.123. The van der Waals surface area contributed by atoms with Gasteiger partial charge in [0.15, 0.2) is 6.61 Å². The molecule has 5 nitrogen and oxygen atoms in total. The van der Waals surface area contributed by atoms with Gasteiger partial charge in [0.2, 0.25) is 0 Å². The highest BCUT2D eigenvalue weighted by atomic mass is 16.5. The van der Waals surface area contributed by atoms with Gasteiger partial charge in [-0.2, -0.15) is 0 Å². The van der Waals surface area contributed by atoms with E-state index in [-0.39, 0.29) is 12.5 Å². The highest BCUT2D eigenvalue weighted by Gasteiger charge is 2.09. The molecule has 0 bridgehead atoms. The number of hydrogen-bond acceptors (Lipinski definition) is 4. The summed E-state index contributed by atoms with van der Waals surface area (Å²) in [5, 5.41) is 2.92. The summed E-state index contributed by atoms with van der Waals surface area (Å²) >= 11 is 0. The van der Waals surface area contributed by atoms with Crippen molar-refractivity contribution in [3.8, 4) is 17.2 Å². The Hall–Kier alpha value is -2.53.